The largest absolute Gasteiger partial charge is 0.389 e. The van der Waals surface area contributed by atoms with Crippen LogP contribution in [0.2, 0.25) is 0 Å². The number of aryl methyl sites for hydroxylation is 1. The molecule has 0 saturated carbocycles. The Balaban J connectivity index is 2.38. The Morgan fingerprint density at radius 1 is 1.33 bits per heavy atom. The molecule has 0 aromatic heterocycles. The van der Waals surface area contributed by atoms with Crippen molar-refractivity contribution in [3.05, 3.63) is 47.7 Å². The maximum atomic E-state index is 3.84. The molecule has 0 radical (unpaired) electrons. The number of rotatable bonds is 7. The molecule has 0 aliphatic heterocycles. The lowest BCUT2D eigenvalue weighted by atomic mass is 10.1. The Hall–Kier alpha value is -1.28. The van der Waals surface area contributed by atoms with Crippen molar-refractivity contribution in [2.45, 2.75) is 33.2 Å². The number of allylic oxidation sites excluding steroid dienone is 1. The third-order valence-corrected chi connectivity index (χ3v) is 3.34. The zero-order chi connectivity index (χ0) is 13.5. The van der Waals surface area contributed by atoms with Crippen LogP contribution >= 0.6 is 0 Å². The van der Waals surface area contributed by atoms with Gasteiger partial charge in [-0.1, -0.05) is 36.4 Å². The van der Waals surface area contributed by atoms with Crippen LogP contribution in [0.5, 0.6) is 0 Å². The van der Waals surface area contributed by atoms with Crippen molar-refractivity contribution < 1.29 is 0 Å². The molecule has 0 amide bonds. The third kappa shape index (κ3) is 4.92. The van der Waals surface area contributed by atoms with Crippen LogP contribution < -0.4 is 5.32 Å². The highest BCUT2D eigenvalue weighted by molar-refractivity contribution is 5.23. The van der Waals surface area contributed by atoms with Crippen molar-refractivity contribution in [1.82, 2.24) is 10.2 Å². The molecule has 2 nitrogen and oxygen atoms in total. The van der Waals surface area contributed by atoms with Crippen molar-refractivity contribution >= 4 is 0 Å². The average molecular weight is 246 g/mol. The summed E-state index contributed by atoms with van der Waals surface area (Å²) in [5, 5.41) is 3.27. The normalized spacial score (nSPS) is 12.5. The summed E-state index contributed by atoms with van der Waals surface area (Å²) in [7, 11) is 2.19. The molecular weight excluding hydrogens is 220 g/mol. The molecule has 0 bridgehead atoms. The minimum atomic E-state index is 0.468. The van der Waals surface area contributed by atoms with Crippen LogP contribution in [0.25, 0.3) is 0 Å². The van der Waals surface area contributed by atoms with Crippen molar-refractivity contribution in [1.29, 1.82) is 0 Å². The first-order valence-corrected chi connectivity index (χ1v) is 6.67. The smallest absolute Gasteiger partial charge is 0.0316 e. The zero-order valence-corrected chi connectivity index (χ0v) is 12.2. The van der Waals surface area contributed by atoms with Crippen molar-refractivity contribution in [3.8, 4) is 0 Å². The van der Waals surface area contributed by atoms with E-state index in [1.54, 1.807) is 0 Å². The lowest BCUT2D eigenvalue weighted by molar-refractivity contribution is 0.258. The highest BCUT2D eigenvalue weighted by Gasteiger charge is 2.10. The van der Waals surface area contributed by atoms with Gasteiger partial charge in [-0.15, -0.1) is 0 Å². The molecule has 0 aliphatic rings. The second-order valence-corrected chi connectivity index (χ2v) is 5.13. The predicted molar refractivity (Wildman–Crippen MR) is 79.7 cm³/mol. The summed E-state index contributed by atoms with van der Waals surface area (Å²) in [6.45, 7) is 12.3. The van der Waals surface area contributed by atoms with Crippen LogP contribution in [0.4, 0.5) is 0 Å². The van der Waals surface area contributed by atoms with Crippen LogP contribution in [-0.2, 0) is 0 Å². The topological polar surface area (TPSA) is 15.3 Å². The van der Waals surface area contributed by atoms with Crippen LogP contribution in [0, 0.1) is 6.92 Å². The van der Waals surface area contributed by atoms with Gasteiger partial charge in [-0.3, -0.25) is 4.90 Å². The Morgan fingerprint density at radius 2 is 1.94 bits per heavy atom. The lowest BCUT2D eigenvalue weighted by Gasteiger charge is -2.25. The van der Waals surface area contributed by atoms with Gasteiger partial charge in [0.1, 0.15) is 0 Å². The molecule has 1 aromatic rings. The van der Waals surface area contributed by atoms with Gasteiger partial charge < -0.3 is 5.32 Å². The van der Waals surface area contributed by atoms with Crippen LogP contribution in [0.1, 0.15) is 37.4 Å². The standard InChI is InChI=1S/C16H26N2/c1-13(2)17-11-6-12-18(5)15(4)16-9-7-14(3)8-10-16/h7-10,15,17H,1,6,11-12H2,2-5H3. The van der Waals surface area contributed by atoms with Crippen molar-refractivity contribution in [3.63, 3.8) is 0 Å². The molecule has 1 rings (SSSR count). The monoisotopic (exact) mass is 246 g/mol. The fourth-order valence-corrected chi connectivity index (χ4v) is 1.92. The first-order valence-electron chi connectivity index (χ1n) is 6.67. The number of nitrogens with one attached hydrogen (secondary N) is 1. The quantitative estimate of drug-likeness (QED) is 0.741. The average Bonchev–Trinajstić information content (AvgIpc) is 2.34. The minimum absolute atomic E-state index is 0.468. The van der Waals surface area contributed by atoms with E-state index in [9.17, 15) is 0 Å². The van der Waals surface area contributed by atoms with E-state index < -0.39 is 0 Å². The van der Waals surface area contributed by atoms with Crippen molar-refractivity contribution in [2.24, 2.45) is 0 Å². The molecule has 1 atom stereocenters. The van der Waals surface area contributed by atoms with Gasteiger partial charge in [0.2, 0.25) is 0 Å². The van der Waals surface area contributed by atoms with Crippen LogP contribution in [0.15, 0.2) is 36.5 Å². The third-order valence-electron chi connectivity index (χ3n) is 3.34. The molecule has 100 valence electrons. The summed E-state index contributed by atoms with van der Waals surface area (Å²) in [4.78, 5) is 2.39. The van der Waals surface area contributed by atoms with E-state index in [-0.39, 0.29) is 0 Å². The van der Waals surface area contributed by atoms with E-state index in [2.05, 4.69) is 62.0 Å². The highest BCUT2D eigenvalue weighted by Crippen LogP contribution is 2.18. The number of nitrogens with zero attached hydrogens (tertiary/aromatic N) is 1. The molecule has 1 N–H and O–H groups in total. The summed E-state index contributed by atoms with van der Waals surface area (Å²) < 4.78 is 0. The molecule has 0 fully saturated rings. The van der Waals surface area contributed by atoms with E-state index in [0.29, 0.717) is 6.04 Å². The van der Waals surface area contributed by atoms with Gasteiger partial charge in [-0.2, -0.15) is 0 Å². The van der Waals surface area contributed by atoms with E-state index in [0.717, 1.165) is 25.2 Å². The van der Waals surface area contributed by atoms with Gasteiger partial charge in [-0.05, 0) is 39.8 Å². The van der Waals surface area contributed by atoms with Gasteiger partial charge in [0, 0.05) is 24.8 Å². The van der Waals surface area contributed by atoms with E-state index in [1.165, 1.54) is 11.1 Å². The second-order valence-electron chi connectivity index (χ2n) is 5.13. The van der Waals surface area contributed by atoms with Gasteiger partial charge in [0.15, 0.2) is 0 Å². The molecule has 2 heteroatoms. The van der Waals surface area contributed by atoms with Gasteiger partial charge in [0.25, 0.3) is 0 Å². The highest BCUT2D eigenvalue weighted by atomic mass is 15.1. The second kappa shape index (κ2) is 7.22. The Kier molecular flexibility index (Phi) is 5.93. The maximum Gasteiger partial charge on any atom is 0.0316 e. The minimum Gasteiger partial charge on any atom is -0.389 e. The Morgan fingerprint density at radius 3 is 2.50 bits per heavy atom. The van der Waals surface area contributed by atoms with Crippen LogP contribution in [0.3, 0.4) is 0 Å². The van der Waals surface area contributed by atoms with Gasteiger partial charge in [0.05, 0.1) is 0 Å². The number of benzene rings is 1. The molecular formula is C16H26N2. The molecule has 18 heavy (non-hydrogen) atoms. The summed E-state index contributed by atoms with van der Waals surface area (Å²) in [5.41, 5.74) is 3.75. The van der Waals surface area contributed by atoms with E-state index in [4.69, 9.17) is 0 Å². The maximum absolute atomic E-state index is 3.84. The molecule has 0 aliphatic carbocycles. The summed E-state index contributed by atoms with van der Waals surface area (Å²) in [6.07, 6.45) is 1.14. The lowest BCUT2D eigenvalue weighted by Crippen LogP contribution is -2.26. The Labute approximate surface area is 112 Å². The fraction of sp³-hybridized carbons (Fsp3) is 0.500. The summed E-state index contributed by atoms with van der Waals surface area (Å²) >= 11 is 0. The molecule has 1 aromatic carbocycles. The molecule has 0 spiro atoms. The fourth-order valence-electron chi connectivity index (χ4n) is 1.92. The summed E-state index contributed by atoms with van der Waals surface area (Å²) in [5.74, 6) is 0. The molecule has 1 unspecified atom stereocenters. The van der Waals surface area contributed by atoms with Crippen LogP contribution in [-0.4, -0.2) is 25.0 Å². The SMILES string of the molecule is C=C(C)NCCCN(C)C(C)c1ccc(C)cc1. The predicted octanol–water partition coefficient (Wildman–Crippen LogP) is 3.50. The van der Waals surface area contributed by atoms with E-state index >= 15 is 0 Å². The molecule has 0 heterocycles. The first kappa shape index (κ1) is 14.8. The molecule has 0 saturated heterocycles. The van der Waals surface area contributed by atoms with Gasteiger partial charge in [-0.25, -0.2) is 0 Å². The summed E-state index contributed by atoms with van der Waals surface area (Å²) in [6, 6.07) is 9.28. The number of hydrogen-bond donors (Lipinski definition) is 1. The number of hydrogen-bond acceptors (Lipinski definition) is 2. The van der Waals surface area contributed by atoms with Crippen molar-refractivity contribution in [2.75, 3.05) is 20.1 Å². The van der Waals surface area contributed by atoms with Gasteiger partial charge >= 0.3 is 0 Å². The Bertz CT molecular complexity index is 367. The first-order chi connectivity index (χ1) is 8.50. The van der Waals surface area contributed by atoms with E-state index in [1.807, 2.05) is 6.92 Å². The zero-order valence-electron chi connectivity index (χ0n) is 12.2.